The Kier molecular flexibility index (Phi) is 6.14. The van der Waals surface area contributed by atoms with E-state index in [1.54, 1.807) is 19.4 Å². The molecule has 7 nitrogen and oxygen atoms in total. The van der Waals surface area contributed by atoms with Gasteiger partial charge in [-0.3, -0.25) is 4.79 Å². The van der Waals surface area contributed by atoms with Crippen LogP contribution in [0.4, 0.5) is 19.0 Å². The Bertz CT molecular complexity index is 1130. The van der Waals surface area contributed by atoms with E-state index in [0.717, 1.165) is 16.5 Å². The predicted molar refractivity (Wildman–Crippen MR) is 115 cm³/mol. The second-order valence-electron chi connectivity index (χ2n) is 7.70. The molecule has 0 saturated heterocycles. The Morgan fingerprint density at radius 1 is 1.19 bits per heavy atom. The highest BCUT2D eigenvalue weighted by Crippen LogP contribution is 2.33. The smallest absolute Gasteiger partial charge is 0.471 e. The molecule has 0 bridgehead atoms. The minimum Gasteiger partial charge on any atom is -0.495 e. The molecule has 0 unspecified atom stereocenters. The van der Waals surface area contributed by atoms with Crippen LogP contribution in [0.5, 0.6) is 5.75 Å². The number of nitrogens with zero attached hydrogens (tertiary/aromatic N) is 2. The van der Waals surface area contributed by atoms with Gasteiger partial charge in [0.05, 0.1) is 13.3 Å². The standard InChI is InChI=1S/C21H21ClF3N5O2/c1-32-14-8-15-16(10-27-19(15)26-9-14)11-6-17(22)30-18(7-11)28-12-2-4-13(5-3-12)29-20(31)21(23,24)25/h6-10,12-13H,2-5H2,1H3,(H,26,27)(H,28,30)(H,29,31)/t12-,13-. The molecule has 0 spiro atoms. The molecule has 32 heavy (non-hydrogen) atoms. The number of pyridine rings is 2. The SMILES string of the molecule is COc1cnc2[nH]cc(-c3cc(Cl)nc(N[C@H]4CC[C@H](NC(=O)C(F)(F)F)CC4)c3)c2c1. The quantitative estimate of drug-likeness (QED) is 0.473. The first kappa shape index (κ1) is 22.2. The lowest BCUT2D eigenvalue weighted by atomic mass is 9.91. The molecule has 0 radical (unpaired) electrons. The number of halogens is 4. The van der Waals surface area contributed by atoms with Gasteiger partial charge in [-0.25, -0.2) is 9.97 Å². The van der Waals surface area contributed by atoms with E-state index < -0.39 is 18.1 Å². The van der Waals surface area contributed by atoms with Gasteiger partial charge in [0.1, 0.15) is 22.4 Å². The first-order valence-corrected chi connectivity index (χ1v) is 10.4. The number of alkyl halides is 3. The first-order valence-electron chi connectivity index (χ1n) is 10.1. The van der Waals surface area contributed by atoms with Gasteiger partial charge < -0.3 is 20.4 Å². The monoisotopic (exact) mass is 467 g/mol. The summed E-state index contributed by atoms with van der Waals surface area (Å²) in [6, 6.07) is 5.02. The number of hydrogen-bond donors (Lipinski definition) is 3. The third kappa shape index (κ3) is 4.90. The number of anilines is 1. The molecule has 3 aromatic rings. The highest BCUT2D eigenvalue weighted by atomic mass is 35.5. The molecule has 1 fully saturated rings. The molecule has 0 aliphatic heterocycles. The van der Waals surface area contributed by atoms with Gasteiger partial charge in [-0.15, -0.1) is 0 Å². The maximum Gasteiger partial charge on any atom is 0.471 e. The summed E-state index contributed by atoms with van der Waals surface area (Å²) in [5.74, 6) is -0.688. The van der Waals surface area contributed by atoms with Gasteiger partial charge in [-0.05, 0) is 49.4 Å². The number of ether oxygens (including phenoxy) is 1. The van der Waals surface area contributed by atoms with Gasteiger partial charge >= 0.3 is 12.1 Å². The average Bonchev–Trinajstić information content (AvgIpc) is 3.17. The normalized spacial score (nSPS) is 19.0. The molecular formula is C21H21ClF3N5O2. The second kappa shape index (κ2) is 8.85. The van der Waals surface area contributed by atoms with E-state index in [-0.39, 0.29) is 6.04 Å². The second-order valence-corrected chi connectivity index (χ2v) is 8.09. The number of nitrogens with one attached hydrogen (secondary N) is 3. The molecule has 3 N–H and O–H groups in total. The number of rotatable bonds is 5. The van der Waals surface area contributed by atoms with Crippen molar-refractivity contribution in [1.29, 1.82) is 0 Å². The van der Waals surface area contributed by atoms with Gasteiger partial charge in [0.2, 0.25) is 0 Å². The Labute approximate surface area is 186 Å². The number of carbonyl (C=O) groups excluding carboxylic acids is 1. The van der Waals surface area contributed by atoms with Crippen molar-refractivity contribution >= 4 is 34.4 Å². The maximum atomic E-state index is 12.4. The van der Waals surface area contributed by atoms with Crippen molar-refractivity contribution in [3.63, 3.8) is 0 Å². The molecule has 3 aromatic heterocycles. The average molecular weight is 468 g/mol. The summed E-state index contributed by atoms with van der Waals surface area (Å²) in [4.78, 5) is 22.9. The fourth-order valence-corrected chi connectivity index (χ4v) is 4.13. The summed E-state index contributed by atoms with van der Waals surface area (Å²) in [7, 11) is 1.57. The third-order valence-corrected chi connectivity index (χ3v) is 5.71. The molecule has 1 aliphatic carbocycles. The Balaban J connectivity index is 1.46. The van der Waals surface area contributed by atoms with E-state index in [2.05, 4.69) is 25.6 Å². The fourth-order valence-electron chi connectivity index (χ4n) is 3.92. The zero-order chi connectivity index (χ0) is 22.9. The molecule has 170 valence electrons. The zero-order valence-electron chi connectivity index (χ0n) is 17.1. The fraction of sp³-hybridized carbons (Fsp3) is 0.381. The number of fused-ring (bicyclic) bond motifs is 1. The minimum atomic E-state index is -4.86. The minimum absolute atomic E-state index is 0.0117. The molecule has 3 heterocycles. The molecule has 0 aromatic carbocycles. The maximum absolute atomic E-state index is 12.4. The van der Waals surface area contributed by atoms with Gasteiger partial charge in [-0.1, -0.05) is 11.6 Å². The van der Waals surface area contributed by atoms with Gasteiger partial charge in [0, 0.05) is 29.2 Å². The lowest BCUT2D eigenvalue weighted by Crippen LogP contribution is -2.45. The summed E-state index contributed by atoms with van der Waals surface area (Å²) < 4.78 is 42.6. The van der Waals surface area contributed by atoms with Crippen molar-refractivity contribution in [2.45, 2.75) is 43.9 Å². The number of hydrogen-bond acceptors (Lipinski definition) is 5. The number of aromatic nitrogens is 3. The van der Waals surface area contributed by atoms with Gasteiger partial charge in [-0.2, -0.15) is 13.2 Å². The molecule has 0 atom stereocenters. The van der Waals surface area contributed by atoms with Crippen LogP contribution in [-0.2, 0) is 4.79 Å². The van der Waals surface area contributed by atoms with Crippen molar-refractivity contribution in [2.75, 3.05) is 12.4 Å². The number of carbonyl (C=O) groups is 1. The zero-order valence-corrected chi connectivity index (χ0v) is 17.8. The van der Waals surface area contributed by atoms with Crippen molar-refractivity contribution in [3.8, 4) is 16.9 Å². The van der Waals surface area contributed by atoms with Crippen LogP contribution in [0.1, 0.15) is 25.7 Å². The third-order valence-electron chi connectivity index (χ3n) is 5.52. The molecule has 1 amide bonds. The van der Waals surface area contributed by atoms with Crippen molar-refractivity contribution in [3.05, 3.63) is 35.7 Å². The number of methoxy groups -OCH3 is 1. The lowest BCUT2D eigenvalue weighted by molar-refractivity contribution is -0.174. The van der Waals surface area contributed by atoms with E-state index in [9.17, 15) is 18.0 Å². The molecular weight excluding hydrogens is 447 g/mol. The largest absolute Gasteiger partial charge is 0.495 e. The molecule has 4 rings (SSSR count). The lowest BCUT2D eigenvalue weighted by Gasteiger charge is -2.30. The van der Waals surface area contributed by atoms with Crippen molar-refractivity contribution in [1.82, 2.24) is 20.3 Å². The summed E-state index contributed by atoms with van der Waals surface area (Å²) in [5, 5.41) is 6.56. The number of H-pyrrole nitrogens is 1. The topological polar surface area (TPSA) is 91.9 Å². The van der Waals surface area contributed by atoms with Crippen LogP contribution >= 0.6 is 11.6 Å². The van der Waals surface area contributed by atoms with Crippen LogP contribution < -0.4 is 15.4 Å². The Morgan fingerprint density at radius 2 is 1.91 bits per heavy atom. The molecule has 1 saturated carbocycles. The number of amides is 1. The summed E-state index contributed by atoms with van der Waals surface area (Å²) in [5.41, 5.74) is 2.43. The van der Waals surface area contributed by atoms with Crippen LogP contribution in [0, 0.1) is 0 Å². The number of aromatic amines is 1. The van der Waals surface area contributed by atoms with Crippen molar-refractivity contribution < 1.29 is 22.7 Å². The Morgan fingerprint density at radius 3 is 2.59 bits per heavy atom. The van der Waals surface area contributed by atoms with E-state index in [1.165, 1.54) is 0 Å². The van der Waals surface area contributed by atoms with E-state index in [4.69, 9.17) is 16.3 Å². The van der Waals surface area contributed by atoms with Crippen molar-refractivity contribution in [2.24, 2.45) is 0 Å². The summed E-state index contributed by atoms with van der Waals surface area (Å²) >= 11 is 6.26. The van der Waals surface area contributed by atoms with E-state index in [0.29, 0.717) is 48.1 Å². The molecule has 1 aliphatic rings. The predicted octanol–water partition coefficient (Wildman–Crippen LogP) is 4.69. The van der Waals surface area contributed by atoms with E-state index >= 15 is 0 Å². The van der Waals surface area contributed by atoms with Crippen LogP contribution in [0.2, 0.25) is 5.15 Å². The summed E-state index contributed by atoms with van der Waals surface area (Å²) in [6.45, 7) is 0. The summed E-state index contributed by atoms with van der Waals surface area (Å²) in [6.07, 6.45) is 0.685. The van der Waals surface area contributed by atoms with Crippen LogP contribution in [0.25, 0.3) is 22.2 Å². The van der Waals surface area contributed by atoms with E-state index in [1.807, 2.05) is 18.3 Å². The molecule has 11 heteroatoms. The van der Waals surface area contributed by atoms with Crippen LogP contribution in [0.15, 0.2) is 30.6 Å². The van der Waals surface area contributed by atoms with Gasteiger partial charge in [0.25, 0.3) is 0 Å². The van der Waals surface area contributed by atoms with Crippen LogP contribution in [-0.4, -0.2) is 46.2 Å². The highest BCUT2D eigenvalue weighted by Gasteiger charge is 2.40. The Hall–Kier alpha value is -3.01. The first-order chi connectivity index (χ1) is 15.2. The van der Waals surface area contributed by atoms with Gasteiger partial charge in [0.15, 0.2) is 0 Å². The van der Waals surface area contributed by atoms with Crippen LogP contribution in [0.3, 0.4) is 0 Å². The highest BCUT2D eigenvalue weighted by molar-refractivity contribution is 6.29.